The molecule has 1 N–H and O–H groups in total. The minimum Gasteiger partial charge on any atom is -0.391 e. The summed E-state index contributed by atoms with van der Waals surface area (Å²) in [6, 6.07) is 3.24. The van der Waals surface area contributed by atoms with Gasteiger partial charge < -0.3 is 14.9 Å². The Labute approximate surface area is 151 Å². The van der Waals surface area contributed by atoms with Crippen LogP contribution in [0.5, 0.6) is 0 Å². The van der Waals surface area contributed by atoms with Crippen LogP contribution in [0.25, 0.3) is 0 Å². The molecule has 0 aliphatic carbocycles. The van der Waals surface area contributed by atoms with Gasteiger partial charge in [-0.2, -0.15) is 0 Å². The van der Waals surface area contributed by atoms with Crippen molar-refractivity contribution >= 4 is 11.8 Å². The molecule has 2 heterocycles. The van der Waals surface area contributed by atoms with E-state index in [9.17, 15) is 23.5 Å². The van der Waals surface area contributed by atoms with Gasteiger partial charge in [-0.3, -0.25) is 9.59 Å². The van der Waals surface area contributed by atoms with Crippen LogP contribution in [0.3, 0.4) is 0 Å². The summed E-state index contributed by atoms with van der Waals surface area (Å²) in [5.41, 5.74) is 0.0221. The number of hydrogen-bond acceptors (Lipinski definition) is 3. The van der Waals surface area contributed by atoms with Gasteiger partial charge in [-0.05, 0) is 36.3 Å². The minimum absolute atomic E-state index is 0.0478. The molecule has 1 unspecified atom stereocenters. The highest BCUT2D eigenvalue weighted by atomic mass is 19.1. The number of hydrogen-bond donors (Lipinski definition) is 1. The molecule has 7 heteroatoms. The molecular formula is C19H24F2N2O3. The smallest absolute Gasteiger partial charge is 0.227 e. The zero-order chi connectivity index (χ0) is 18.9. The van der Waals surface area contributed by atoms with E-state index in [1.807, 2.05) is 0 Å². The normalized spacial score (nSPS) is 22.5. The Morgan fingerprint density at radius 2 is 1.92 bits per heavy atom. The molecule has 1 aromatic rings. The predicted molar refractivity (Wildman–Crippen MR) is 91.2 cm³/mol. The predicted octanol–water partition coefficient (Wildman–Crippen LogP) is 1.73. The van der Waals surface area contributed by atoms with Crippen molar-refractivity contribution in [1.82, 2.24) is 9.80 Å². The summed E-state index contributed by atoms with van der Waals surface area (Å²) in [6.07, 6.45) is 1.40. The molecule has 0 radical (unpaired) electrons. The van der Waals surface area contributed by atoms with E-state index in [0.29, 0.717) is 45.4 Å². The summed E-state index contributed by atoms with van der Waals surface area (Å²) in [4.78, 5) is 27.5. The van der Waals surface area contributed by atoms with Gasteiger partial charge in [0.2, 0.25) is 11.8 Å². The number of aliphatic hydroxyl groups excluding tert-OH is 1. The zero-order valence-electron chi connectivity index (χ0n) is 14.9. The summed E-state index contributed by atoms with van der Waals surface area (Å²) in [5, 5.41) is 10.1. The molecule has 2 saturated heterocycles. The molecule has 2 fully saturated rings. The van der Waals surface area contributed by atoms with Gasteiger partial charge in [0.05, 0.1) is 12.5 Å². The van der Waals surface area contributed by atoms with Crippen molar-refractivity contribution < 1.29 is 23.5 Å². The molecule has 142 valence electrons. The Balaban J connectivity index is 1.60. The second-order valence-corrected chi connectivity index (χ2v) is 7.55. The number of amides is 2. The summed E-state index contributed by atoms with van der Waals surface area (Å²) in [5.74, 6) is -1.61. The first-order valence-electron chi connectivity index (χ1n) is 8.93. The maximum Gasteiger partial charge on any atom is 0.227 e. The number of halogens is 2. The van der Waals surface area contributed by atoms with E-state index in [0.717, 1.165) is 12.1 Å². The van der Waals surface area contributed by atoms with Crippen LogP contribution in [-0.2, 0) is 16.0 Å². The number of aliphatic hydroxyl groups is 1. The molecule has 0 aromatic heterocycles. The van der Waals surface area contributed by atoms with Crippen LogP contribution in [0.15, 0.2) is 18.2 Å². The molecular weight excluding hydrogens is 342 g/mol. The number of likely N-dealkylation sites (tertiary alicyclic amines) is 2. The highest BCUT2D eigenvalue weighted by Gasteiger charge is 2.42. The molecule has 5 nitrogen and oxygen atoms in total. The van der Waals surface area contributed by atoms with E-state index >= 15 is 0 Å². The van der Waals surface area contributed by atoms with Crippen LogP contribution >= 0.6 is 0 Å². The fourth-order valence-corrected chi connectivity index (χ4v) is 4.13. The molecule has 3 rings (SSSR count). The monoisotopic (exact) mass is 366 g/mol. The van der Waals surface area contributed by atoms with E-state index in [2.05, 4.69) is 0 Å². The molecule has 1 aromatic carbocycles. The lowest BCUT2D eigenvalue weighted by molar-refractivity contribution is -0.141. The first-order chi connectivity index (χ1) is 12.3. The third kappa shape index (κ3) is 4.03. The Morgan fingerprint density at radius 3 is 2.54 bits per heavy atom. The molecule has 0 bridgehead atoms. The summed E-state index contributed by atoms with van der Waals surface area (Å²) >= 11 is 0. The minimum atomic E-state index is -0.709. The van der Waals surface area contributed by atoms with Gasteiger partial charge in [-0.25, -0.2) is 8.78 Å². The number of piperidine rings is 2. The maximum absolute atomic E-state index is 13.7. The van der Waals surface area contributed by atoms with Crippen molar-refractivity contribution in [1.29, 1.82) is 0 Å². The lowest BCUT2D eigenvalue weighted by Crippen LogP contribution is -2.55. The first kappa shape index (κ1) is 18.8. The second-order valence-electron chi connectivity index (χ2n) is 7.55. The Kier molecular flexibility index (Phi) is 5.27. The molecule has 1 atom stereocenters. The topological polar surface area (TPSA) is 60.9 Å². The summed E-state index contributed by atoms with van der Waals surface area (Å²) in [7, 11) is 0. The van der Waals surface area contributed by atoms with Gasteiger partial charge >= 0.3 is 0 Å². The third-order valence-corrected chi connectivity index (χ3v) is 5.60. The highest BCUT2D eigenvalue weighted by molar-refractivity contribution is 5.79. The van der Waals surface area contributed by atoms with Gasteiger partial charge in [0.25, 0.3) is 0 Å². The first-order valence-corrected chi connectivity index (χ1v) is 8.93. The van der Waals surface area contributed by atoms with Crippen molar-refractivity contribution in [2.75, 3.05) is 26.2 Å². The lowest BCUT2D eigenvalue weighted by atomic mass is 9.71. The third-order valence-electron chi connectivity index (χ3n) is 5.60. The molecule has 1 spiro atoms. The van der Waals surface area contributed by atoms with Crippen molar-refractivity contribution in [3.63, 3.8) is 0 Å². The molecule has 2 aliphatic rings. The number of rotatable bonds is 2. The van der Waals surface area contributed by atoms with E-state index < -0.39 is 17.7 Å². The Bertz CT molecular complexity index is 702. The molecule has 0 saturated carbocycles. The SMILES string of the molecule is CC(=O)N1CC(O)CC2(CCN(C(=O)Cc3ccc(F)cc3F)CC2)C1. The number of β-amino-alcohol motifs (C(OH)–C–C–N with tert-alkyl or cyclic N) is 1. The standard InChI is InChI=1S/C19H24F2N2O3/c1-13(24)23-11-16(25)10-19(12-23)4-6-22(7-5-19)18(26)8-14-2-3-15(20)9-17(14)21/h2-3,9,16,25H,4-8,10-12H2,1H3. The van der Waals surface area contributed by atoms with Crippen LogP contribution < -0.4 is 0 Å². The molecule has 2 amide bonds. The lowest BCUT2D eigenvalue weighted by Gasteiger charge is -2.49. The van der Waals surface area contributed by atoms with E-state index in [1.165, 1.54) is 13.0 Å². The van der Waals surface area contributed by atoms with Crippen molar-refractivity contribution in [2.24, 2.45) is 5.41 Å². The Hall–Kier alpha value is -2.02. The maximum atomic E-state index is 13.7. The van der Waals surface area contributed by atoms with Gasteiger partial charge in [0, 0.05) is 39.2 Å². The fourth-order valence-electron chi connectivity index (χ4n) is 4.13. The number of carbonyl (C=O) groups excluding carboxylic acids is 2. The quantitative estimate of drug-likeness (QED) is 0.867. The fraction of sp³-hybridized carbons (Fsp3) is 0.579. The largest absolute Gasteiger partial charge is 0.391 e. The van der Waals surface area contributed by atoms with Crippen LogP contribution in [0.1, 0.15) is 31.7 Å². The second kappa shape index (κ2) is 7.31. The van der Waals surface area contributed by atoms with Gasteiger partial charge in [-0.1, -0.05) is 6.07 Å². The average molecular weight is 366 g/mol. The summed E-state index contributed by atoms with van der Waals surface area (Å²) < 4.78 is 26.7. The average Bonchev–Trinajstić information content (AvgIpc) is 2.57. The van der Waals surface area contributed by atoms with Crippen molar-refractivity contribution in [3.05, 3.63) is 35.4 Å². The molecule has 26 heavy (non-hydrogen) atoms. The number of nitrogens with zero attached hydrogens (tertiary/aromatic N) is 2. The van der Waals surface area contributed by atoms with E-state index in [1.54, 1.807) is 9.80 Å². The van der Waals surface area contributed by atoms with E-state index in [-0.39, 0.29) is 29.2 Å². The zero-order valence-corrected chi connectivity index (χ0v) is 14.9. The Morgan fingerprint density at radius 1 is 1.23 bits per heavy atom. The van der Waals surface area contributed by atoms with Crippen molar-refractivity contribution in [2.45, 2.75) is 38.7 Å². The van der Waals surface area contributed by atoms with Gasteiger partial charge in [0.1, 0.15) is 11.6 Å². The van der Waals surface area contributed by atoms with Gasteiger partial charge in [-0.15, -0.1) is 0 Å². The summed E-state index contributed by atoms with van der Waals surface area (Å²) in [6.45, 7) is 3.50. The van der Waals surface area contributed by atoms with Crippen molar-refractivity contribution in [3.8, 4) is 0 Å². The van der Waals surface area contributed by atoms with Crippen LogP contribution in [0, 0.1) is 17.0 Å². The van der Waals surface area contributed by atoms with E-state index in [4.69, 9.17) is 0 Å². The highest BCUT2D eigenvalue weighted by Crippen LogP contribution is 2.40. The number of benzene rings is 1. The molecule has 2 aliphatic heterocycles. The number of carbonyl (C=O) groups is 2. The van der Waals surface area contributed by atoms with Crippen LogP contribution in [-0.4, -0.2) is 59.0 Å². The van der Waals surface area contributed by atoms with Crippen LogP contribution in [0.4, 0.5) is 8.78 Å². The van der Waals surface area contributed by atoms with Crippen LogP contribution in [0.2, 0.25) is 0 Å². The van der Waals surface area contributed by atoms with Gasteiger partial charge in [0.15, 0.2) is 0 Å².